The molecule has 0 aromatic carbocycles. The fourth-order valence-corrected chi connectivity index (χ4v) is 4.06. The van der Waals surface area contributed by atoms with E-state index in [-0.39, 0.29) is 24.0 Å². The minimum absolute atomic E-state index is 0. The first-order valence-electron chi connectivity index (χ1n) is 9.98. The maximum Gasteiger partial charge on any atom is 0.191 e. The number of nitrogens with zero attached hydrogens (tertiary/aromatic N) is 2. The van der Waals surface area contributed by atoms with Crippen molar-refractivity contribution in [3.05, 3.63) is 0 Å². The molecule has 2 rings (SSSR count). The highest BCUT2D eigenvalue weighted by Gasteiger charge is 2.17. The van der Waals surface area contributed by atoms with Gasteiger partial charge < -0.3 is 15.5 Å². The molecule has 1 unspecified atom stereocenters. The first-order chi connectivity index (χ1) is 11.3. The lowest BCUT2D eigenvalue weighted by Crippen LogP contribution is -2.39. The molecule has 2 aliphatic rings. The summed E-state index contributed by atoms with van der Waals surface area (Å²) in [5.41, 5.74) is 0. The van der Waals surface area contributed by atoms with Crippen LogP contribution in [0.5, 0.6) is 0 Å². The molecule has 0 amide bonds. The van der Waals surface area contributed by atoms with Crippen molar-refractivity contribution >= 4 is 29.9 Å². The summed E-state index contributed by atoms with van der Waals surface area (Å²) < 4.78 is 0. The van der Waals surface area contributed by atoms with Gasteiger partial charge in [0.25, 0.3) is 0 Å². The van der Waals surface area contributed by atoms with E-state index in [1.807, 2.05) is 0 Å². The minimum atomic E-state index is 0. The molecule has 0 aromatic heterocycles. The van der Waals surface area contributed by atoms with Crippen molar-refractivity contribution in [2.75, 3.05) is 39.8 Å². The smallest absolute Gasteiger partial charge is 0.191 e. The van der Waals surface area contributed by atoms with Crippen LogP contribution >= 0.6 is 24.0 Å². The van der Waals surface area contributed by atoms with Crippen LogP contribution in [-0.2, 0) is 0 Å². The summed E-state index contributed by atoms with van der Waals surface area (Å²) >= 11 is 0. The average molecular weight is 450 g/mol. The lowest BCUT2D eigenvalue weighted by atomic mass is 9.86. The highest BCUT2D eigenvalue weighted by atomic mass is 127. The number of halogens is 1. The van der Waals surface area contributed by atoms with Crippen LogP contribution in [0.3, 0.4) is 0 Å². The minimum Gasteiger partial charge on any atom is -0.357 e. The third-order valence-corrected chi connectivity index (χ3v) is 5.38. The number of rotatable bonds is 7. The SMILES string of the molecule is CCNC(=NCC1CCCN(C)C1)NCCCC1CCCCC1.I. The van der Waals surface area contributed by atoms with Gasteiger partial charge in [-0.2, -0.15) is 0 Å². The van der Waals surface area contributed by atoms with E-state index >= 15 is 0 Å². The molecule has 142 valence electrons. The van der Waals surface area contributed by atoms with Crippen LogP contribution in [-0.4, -0.2) is 50.6 Å². The monoisotopic (exact) mass is 450 g/mol. The van der Waals surface area contributed by atoms with Crippen molar-refractivity contribution in [3.63, 3.8) is 0 Å². The van der Waals surface area contributed by atoms with Gasteiger partial charge in [0.05, 0.1) is 0 Å². The van der Waals surface area contributed by atoms with Gasteiger partial charge in [-0.05, 0) is 58.0 Å². The Hall–Kier alpha value is -0.0400. The van der Waals surface area contributed by atoms with Gasteiger partial charge in [-0.3, -0.25) is 4.99 Å². The van der Waals surface area contributed by atoms with Crippen molar-refractivity contribution in [2.45, 2.75) is 64.7 Å². The fourth-order valence-electron chi connectivity index (χ4n) is 4.06. The number of guanidine groups is 1. The van der Waals surface area contributed by atoms with E-state index < -0.39 is 0 Å². The molecule has 1 aliphatic carbocycles. The Morgan fingerprint density at radius 2 is 1.79 bits per heavy atom. The van der Waals surface area contributed by atoms with Crippen LogP contribution in [0.15, 0.2) is 4.99 Å². The van der Waals surface area contributed by atoms with Gasteiger partial charge in [0.15, 0.2) is 5.96 Å². The second-order valence-electron chi connectivity index (χ2n) is 7.56. The maximum absolute atomic E-state index is 4.82. The summed E-state index contributed by atoms with van der Waals surface area (Å²) in [6.07, 6.45) is 12.6. The molecular formula is C19H39IN4. The van der Waals surface area contributed by atoms with E-state index in [0.717, 1.165) is 37.4 Å². The zero-order valence-corrected chi connectivity index (χ0v) is 18.2. The zero-order valence-electron chi connectivity index (χ0n) is 15.9. The number of hydrogen-bond donors (Lipinski definition) is 2. The standard InChI is InChI=1S/C19H38N4.HI/c1-3-20-19(22-15-18-12-8-14-23(2)16-18)21-13-7-11-17-9-5-4-6-10-17;/h17-18H,3-16H2,1-2H3,(H2,20,21,22);1H. The molecule has 0 spiro atoms. The van der Waals surface area contributed by atoms with Gasteiger partial charge in [-0.1, -0.05) is 32.1 Å². The quantitative estimate of drug-likeness (QED) is 0.268. The molecular weight excluding hydrogens is 411 g/mol. The normalized spacial score (nSPS) is 23.6. The molecule has 0 aromatic rings. The van der Waals surface area contributed by atoms with Crippen molar-refractivity contribution in [2.24, 2.45) is 16.8 Å². The van der Waals surface area contributed by atoms with Crippen LogP contribution in [0, 0.1) is 11.8 Å². The molecule has 5 heteroatoms. The van der Waals surface area contributed by atoms with Crippen LogP contribution in [0.4, 0.5) is 0 Å². The van der Waals surface area contributed by atoms with E-state index in [1.54, 1.807) is 0 Å². The molecule has 0 radical (unpaired) electrons. The van der Waals surface area contributed by atoms with Crippen LogP contribution in [0.25, 0.3) is 0 Å². The summed E-state index contributed by atoms with van der Waals surface area (Å²) in [4.78, 5) is 7.26. The van der Waals surface area contributed by atoms with Crippen molar-refractivity contribution < 1.29 is 0 Å². The third-order valence-electron chi connectivity index (χ3n) is 5.38. The third kappa shape index (κ3) is 8.88. The number of aliphatic imine (C=N–C) groups is 1. The van der Waals surface area contributed by atoms with Gasteiger partial charge in [0, 0.05) is 26.2 Å². The molecule has 4 nitrogen and oxygen atoms in total. The lowest BCUT2D eigenvalue weighted by Gasteiger charge is -2.28. The summed E-state index contributed by atoms with van der Waals surface area (Å²) in [6.45, 7) is 7.56. The number of likely N-dealkylation sites (tertiary alicyclic amines) is 1. The fraction of sp³-hybridized carbons (Fsp3) is 0.947. The van der Waals surface area contributed by atoms with E-state index in [1.165, 1.54) is 70.9 Å². The Balaban J connectivity index is 0.00000288. The topological polar surface area (TPSA) is 39.7 Å². The van der Waals surface area contributed by atoms with E-state index in [0.29, 0.717) is 0 Å². The number of piperidine rings is 1. The molecule has 2 fully saturated rings. The predicted molar refractivity (Wildman–Crippen MR) is 115 cm³/mol. The van der Waals surface area contributed by atoms with E-state index in [4.69, 9.17) is 4.99 Å². The van der Waals surface area contributed by atoms with Crippen LogP contribution in [0.2, 0.25) is 0 Å². The summed E-state index contributed by atoms with van der Waals surface area (Å²) in [5, 5.41) is 6.93. The average Bonchev–Trinajstić information content (AvgIpc) is 2.57. The largest absolute Gasteiger partial charge is 0.357 e. The molecule has 1 saturated carbocycles. The molecule has 24 heavy (non-hydrogen) atoms. The van der Waals surface area contributed by atoms with Gasteiger partial charge in [0.1, 0.15) is 0 Å². The second kappa shape index (κ2) is 13.2. The van der Waals surface area contributed by atoms with Gasteiger partial charge in [0.2, 0.25) is 0 Å². The molecule has 2 N–H and O–H groups in total. The Kier molecular flexibility index (Phi) is 12.1. The molecule has 1 saturated heterocycles. The Labute approximate surface area is 166 Å². The molecule has 1 heterocycles. The number of hydrogen-bond acceptors (Lipinski definition) is 2. The second-order valence-corrected chi connectivity index (χ2v) is 7.56. The summed E-state index contributed by atoms with van der Waals surface area (Å²) in [6, 6.07) is 0. The number of nitrogens with one attached hydrogen (secondary N) is 2. The van der Waals surface area contributed by atoms with Gasteiger partial charge in [-0.15, -0.1) is 24.0 Å². The van der Waals surface area contributed by atoms with Gasteiger partial charge >= 0.3 is 0 Å². The lowest BCUT2D eigenvalue weighted by molar-refractivity contribution is 0.214. The van der Waals surface area contributed by atoms with E-state index in [9.17, 15) is 0 Å². The van der Waals surface area contributed by atoms with Gasteiger partial charge in [-0.25, -0.2) is 0 Å². The summed E-state index contributed by atoms with van der Waals surface area (Å²) in [5.74, 6) is 2.73. The first kappa shape index (κ1) is 22.0. The Morgan fingerprint density at radius 3 is 2.50 bits per heavy atom. The van der Waals surface area contributed by atoms with E-state index in [2.05, 4.69) is 29.5 Å². The van der Waals surface area contributed by atoms with Crippen LogP contribution in [0.1, 0.15) is 64.7 Å². The first-order valence-corrected chi connectivity index (χ1v) is 9.98. The van der Waals surface area contributed by atoms with Crippen LogP contribution < -0.4 is 10.6 Å². The highest BCUT2D eigenvalue weighted by Crippen LogP contribution is 2.26. The Bertz CT molecular complexity index is 342. The Morgan fingerprint density at radius 1 is 1.04 bits per heavy atom. The highest BCUT2D eigenvalue weighted by molar-refractivity contribution is 14.0. The summed E-state index contributed by atoms with van der Waals surface area (Å²) in [7, 11) is 2.23. The molecule has 1 atom stereocenters. The van der Waals surface area contributed by atoms with Crippen molar-refractivity contribution in [3.8, 4) is 0 Å². The molecule has 1 aliphatic heterocycles. The van der Waals surface area contributed by atoms with Crippen molar-refractivity contribution in [1.29, 1.82) is 0 Å². The molecule has 0 bridgehead atoms. The maximum atomic E-state index is 4.82. The van der Waals surface area contributed by atoms with Crippen molar-refractivity contribution in [1.82, 2.24) is 15.5 Å². The predicted octanol–water partition coefficient (Wildman–Crippen LogP) is 3.86. The zero-order chi connectivity index (χ0) is 16.3.